The highest BCUT2D eigenvalue weighted by molar-refractivity contribution is 6.06. The van der Waals surface area contributed by atoms with Gasteiger partial charge in [-0.3, -0.25) is 20.2 Å². The molecule has 1 aliphatic rings. The molecular formula is C29H36F2N6O5. The number of carbonyl (C=O) groups is 3. The molecule has 11 nitrogen and oxygen atoms in total. The molecule has 0 spiro atoms. The van der Waals surface area contributed by atoms with E-state index >= 15 is 8.78 Å². The van der Waals surface area contributed by atoms with Crippen molar-refractivity contribution in [3.63, 3.8) is 0 Å². The van der Waals surface area contributed by atoms with Crippen LogP contribution in [0.3, 0.4) is 0 Å². The van der Waals surface area contributed by atoms with Crippen molar-refractivity contribution in [3.8, 4) is 11.3 Å². The minimum absolute atomic E-state index is 0.118. The van der Waals surface area contributed by atoms with E-state index in [-0.39, 0.29) is 45.4 Å². The second-order valence-electron chi connectivity index (χ2n) is 12.6. The average molecular weight is 587 g/mol. The first-order valence-electron chi connectivity index (χ1n) is 13.6. The number of hydrogen-bond acceptors (Lipinski definition) is 7. The van der Waals surface area contributed by atoms with Crippen molar-refractivity contribution in [2.45, 2.75) is 85.3 Å². The molecule has 4 rings (SSSR count). The van der Waals surface area contributed by atoms with Gasteiger partial charge < -0.3 is 15.0 Å². The van der Waals surface area contributed by atoms with Crippen LogP contribution in [0.5, 0.6) is 0 Å². The molecule has 0 aliphatic heterocycles. The van der Waals surface area contributed by atoms with E-state index in [2.05, 4.69) is 34.7 Å². The van der Waals surface area contributed by atoms with E-state index in [0.29, 0.717) is 0 Å². The monoisotopic (exact) mass is 586 g/mol. The van der Waals surface area contributed by atoms with E-state index in [0.717, 1.165) is 18.5 Å². The van der Waals surface area contributed by atoms with Gasteiger partial charge in [-0.15, -0.1) is 0 Å². The Kier molecular flexibility index (Phi) is 8.16. The van der Waals surface area contributed by atoms with Gasteiger partial charge in [0, 0.05) is 29.2 Å². The number of nitrogens with one attached hydrogen (secondary N) is 2. The van der Waals surface area contributed by atoms with Crippen LogP contribution in [0, 0.1) is 17.0 Å². The lowest BCUT2D eigenvalue weighted by atomic mass is 9.63. The molecule has 1 fully saturated rings. The predicted octanol–water partition coefficient (Wildman–Crippen LogP) is 5.93. The Hall–Kier alpha value is -4.29. The van der Waals surface area contributed by atoms with Gasteiger partial charge in [-0.25, -0.2) is 18.3 Å². The molecule has 0 atom stereocenters. The Balaban J connectivity index is 1.57. The molecule has 3 amide bonds. The van der Waals surface area contributed by atoms with Crippen LogP contribution in [0.4, 0.5) is 25.3 Å². The van der Waals surface area contributed by atoms with Crippen molar-refractivity contribution < 1.29 is 32.4 Å². The molecule has 226 valence electrons. The first-order valence-corrected chi connectivity index (χ1v) is 13.6. The standard InChI is InChI=1S/C29H36F2N6O5/c1-14(2)37-26(34-27(40)41-28(3,4)5)21(25(32)39)24(35-37)17-9-8-15(22(30)23(17)31)10-19(38)33-20-11-18(36-42-20)16-12-29(6,7)13-16/h8-9,11,14,16H,10,12-13H2,1-7H3,(H2,32,39)(H,33,38)(H,34,40). The summed E-state index contributed by atoms with van der Waals surface area (Å²) in [6.07, 6.45) is 0.524. The molecule has 2 heterocycles. The number of nitrogens with two attached hydrogens (primary N) is 1. The summed E-state index contributed by atoms with van der Waals surface area (Å²) in [5.74, 6) is -4.05. The van der Waals surface area contributed by atoms with E-state index in [4.69, 9.17) is 15.0 Å². The van der Waals surface area contributed by atoms with Gasteiger partial charge in [0.15, 0.2) is 11.6 Å². The van der Waals surface area contributed by atoms with Crippen LogP contribution in [0.2, 0.25) is 0 Å². The average Bonchev–Trinajstić information content (AvgIpc) is 3.44. The molecule has 0 unspecified atom stereocenters. The van der Waals surface area contributed by atoms with Crippen LogP contribution in [-0.2, 0) is 16.0 Å². The van der Waals surface area contributed by atoms with Gasteiger partial charge >= 0.3 is 6.09 Å². The fourth-order valence-corrected chi connectivity index (χ4v) is 5.04. The zero-order valence-corrected chi connectivity index (χ0v) is 24.7. The van der Waals surface area contributed by atoms with E-state index in [1.54, 1.807) is 40.7 Å². The Morgan fingerprint density at radius 2 is 1.83 bits per heavy atom. The van der Waals surface area contributed by atoms with Gasteiger partial charge in [-0.1, -0.05) is 25.1 Å². The maximum atomic E-state index is 15.4. The lowest BCUT2D eigenvalue weighted by molar-refractivity contribution is -0.115. The molecule has 0 bridgehead atoms. The van der Waals surface area contributed by atoms with E-state index in [9.17, 15) is 14.4 Å². The number of halogens is 2. The van der Waals surface area contributed by atoms with Crippen LogP contribution in [0.25, 0.3) is 11.3 Å². The minimum atomic E-state index is -1.34. The highest BCUT2D eigenvalue weighted by atomic mass is 19.2. The highest BCUT2D eigenvalue weighted by Crippen LogP contribution is 2.50. The zero-order chi connectivity index (χ0) is 31.1. The number of carbonyl (C=O) groups excluding carboxylic acids is 3. The number of rotatable bonds is 8. The second-order valence-corrected chi connectivity index (χ2v) is 12.6. The number of aromatic nitrogens is 3. The molecule has 42 heavy (non-hydrogen) atoms. The third-order valence-corrected chi connectivity index (χ3v) is 6.84. The molecule has 2 aromatic heterocycles. The summed E-state index contributed by atoms with van der Waals surface area (Å²) >= 11 is 0. The largest absolute Gasteiger partial charge is 0.444 e. The summed E-state index contributed by atoms with van der Waals surface area (Å²) in [7, 11) is 0. The van der Waals surface area contributed by atoms with Crippen molar-refractivity contribution in [2.75, 3.05) is 10.6 Å². The summed E-state index contributed by atoms with van der Waals surface area (Å²) in [6, 6.07) is 3.64. The topological polar surface area (TPSA) is 154 Å². The SMILES string of the molecule is CC(C)n1nc(-c2ccc(CC(=O)Nc3cc(C4CC(C)(C)C4)no3)c(F)c2F)c(C(N)=O)c1NC(=O)OC(C)(C)C. The van der Waals surface area contributed by atoms with Crippen molar-refractivity contribution in [1.29, 1.82) is 0 Å². The normalized spacial score (nSPS) is 14.9. The second kappa shape index (κ2) is 11.2. The predicted molar refractivity (Wildman–Crippen MR) is 151 cm³/mol. The first-order chi connectivity index (χ1) is 19.5. The lowest BCUT2D eigenvalue weighted by Gasteiger charge is -2.41. The fraction of sp³-hybridized carbons (Fsp3) is 0.483. The van der Waals surface area contributed by atoms with Crippen molar-refractivity contribution >= 4 is 29.6 Å². The molecule has 0 saturated heterocycles. The smallest absolute Gasteiger partial charge is 0.413 e. The molecule has 0 radical (unpaired) electrons. The number of amides is 3. The molecule has 1 saturated carbocycles. The molecule has 1 aromatic carbocycles. The number of primary amides is 1. The van der Waals surface area contributed by atoms with E-state index in [1.165, 1.54) is 16.8 Å². The van der Waals surface area contributed by atoms with Gasteiger partial charge in [0.05, 0.1) is 12.1 Å². The third-order valence-electron chi connectivity index (χ3n) is 6.84. The Labute approximate surface area is 242 Å². The maximum absolute atomic E-state index is 15.4. The van der Waals surface area contributed by atoms with Crippen LogP contribution in [-0.4, -0.2) is 38.4 Å². The lowest BCUT2D eigenvalue weighted by Crippen LogP contribution is -2.29. The summed E-state index contributed by atoms with van der Waals surface area (Å²) in [4.78, 5) is 37.6. The van der Waals surface area contributed by atoms with Gasteiger partial charge in [0.25, 0.3) is 5.91 Å². The minimum Gasteiger partial charge on any atom is -0.444 e. The molecule has 3 aromatic rings. The third kappa shape index (κ3) is 6.60. The van der Waals surface area contributed by atoms with Crippen LogP contribution < -0.4 is 16.4 Å². The molecule has 4 N–H and O–H groups in total. The van der Waals surface area contributed by atoms with Gasteiger partial charge in [0.1, 0.15) is 22.7 Å². The number of nitrogens with zero attached hydrogens (tertiary/aromatic N) is 3. The van der Waals surface area contributed by atoms with Gasteiger partial charge in [-0.05, 0) is 58.9 Å². The Morgan fingerprint density at radius 1 is 1.17 bits per heavy atom. The number of benzene rings is 1. The Bertz CT molecular complexity index is 1530. The van der Waals surface area contributed by atoms with Gasteiger partial charge in [0.2, 0.25) is 11.8 Å². The number of anilines is 2. The summed E-state index contributed by atoms with van der Waals surface area (Å²) in [5.41, 5.74) is 4.53. The van der Waals surface area contributed by atoms with Crippen molar-refractivity contribution in [2.24, 2.45) is 11.1 Å². The van der Waals surface area contributed by atoms with Crippen LogP contribution in [0.1, 0.15) is 94.9 Å². The van der Waals surface area contributed by atoms with Crippen molar-refractivity contribution in [1.82, 2.24) is 14.9 Å². The summed E-state index contributed by atoms with van der Waals surface area (Å²) in [6.45, 7) is 12.7. The quantitative estimate of drug-likeness (QED) is 0.296. The Morgan fingerprint density at radius 3 is 2.40 bits per heavy atom. The first kappa shape index (κ1) is 30.7. The van der Waals surface area contributed by atoms with E-state index in [1.807, 2.05) is 0 Å². The number of hydrogen-bond donors (Lipinski definition) is 3. The van der Waals surface area contributed by atoms with E-state index < -0.39 is 47.6 Å². The molecule has 13 heteroatoms. The van der Waals surface area contributed by atoms with Crippen LogP contribution in [0.15, 0.2) is 22.7 Å². The molecular weight excluding hydrogens is 550 g/mol. The van der Waals surface area contributed by atoms with Gasteiger partial charge in [-0.2, -0.15) is 5.10 Å². The van der Waals surface area contributed by atoms with Crippen molar-refractivity contribution in [3.05, 3.63) is 46.7 Å². The summed E-state index contributed by atoms with van der Waals surface area (Å²) in [5, 5.41) is 13.3. The van der Waals surface area contributed by atoms with Crippen LogP contribution >= 0.6 is 0 Å². The molecule has 1 aliphatic carbocycles. The zero-order valence-electron chi connectivity index (χ0n) is 24.7. The highest BCUT2D eigenvalue weighted by Gasteiger charge is 2.38. The summed E-state index contributed by atoms with van der Waals surface area (Å²) < 4.78 is 42.4. The maximum Gasteiger partial charge on any atom is 0.413 e. The fourth-order valence-electron chi connectivity index (χ4n) is 5.04. The number of ether oxygens (including phenoxy) is 1.